The molecule has 0 radical (unpaired) electrons. The fourth-order valence-corrected chi connectivity index (χ4v) is 4.79. The fourth-order valence-electron chi connectivity index (χ4n) is 3.74. The third-order valence-electron chi connectivity index (χ3n) is 5.55. The van der Waals surface area contributed by atoms with Gasteiger partial charge in [-0.05, 0) is 41.1 Å². The molecule has 0 aliphatic heterocycles. The summed E-state index contributed by atoms with van der Waals surface area (Å²) in [6, 6.07) is 16.1. The molecule has 0 fully saturated rings. The summed E-state index contributed by atoms with van der Waals surface area (Å²) in [6.45, 7) is 1.36. The second-order valence-corrected chi connectivity index (χ2v) is 9.15. The molecule has 0 saturated heterocycles. The van der Waals surface area contributed by atoms with Crippen LogP contribution in [0.15, 0.2) is 69.6 Å². The van der Waals surface area contributed by atoms with Crippen LogP contribution in [0.3, 0.4) is 0 Å². The highest BCUT2D eigenvalue weighted by Crippen LogP contribution is 2.18. The van der Waals surface area contributed by atoms with Crippen LogP contribution in [0.1, 0.15) is 18.1 Å². The number of aryl methyl sites for hydroxylation is 1. The minimum absolute atomic E-state index is 0.155. The number of hydrogen-bond acceptors (Lipinski definition) is 5. The fraction of sp³-hybridized carbons (Fsp3) is 0.200. The Balaban J connectivity index is 1.58. The Morgan fingerprint density at radius 3 is 2.34 bits per heavy atom. The number of hydrogen-bond donors (Lipinski definition) is 2. The molecule has 0 aliphatic rings. The van der Waals surface area contributed by atoms with Crippen molar-refractivity contribution in [2.45, 2.75) is 33.0 Å². The van der Waals surface area contributed by atoms with Crippen LogP contribution in [0, 0.1) is 0 Å². The second kappa shape index (κ2) is 10.7. The van der Waals surface area contributed by atoms with Crippen LogP contribution in [0.2, 0.25) is 5.02 Å². The topological polar surface area (TPSA) is 102 Å². The van der Waals surface area contributed by atoms with Crippen LogP contribution in [-0.2, 0) is 35.6 Å². The summed E-state index contributed by atoms with van der Waals surface area (Å²) < 4.78 is 2.37. The van der Waals surface area contributed by atoms with E-state index in [1.165, 1.54) is 4.57 Å². The summed E-state index contributed by atoms with van der Waals surface area (Å²) >= 11 is 7.27. The number of carbonyl (C=O) groups excluding carboxylic acids is 2. The number of anilines is 1. The average Bonchev–Trinajstić information content (AvgIpc) is 3.34. The van der Waals surface area contributed by atoms with E-state index < -0.39 is 29.6 Å². The summed E-state index contributed by atoms with van der Waals surface area (Å²) in [6.07, 6.45) is 0.735. The van der Waals surface area contributed by atoms with Gasteiger partial charge in [-0.1, -0.05) is 54.9 Å². The average molecular weight is 511 g/mol. The number of halogens is 1. The molecule has 2 amide bonds. The van der Waals surface area contributed by atoms with Crippen molar-refractivity contribution >= 4 is 50.7 Å². The lowest BCUT2D eigenvalue weighted by molar-refractivity contribution is -0.122. The van der Waals surface area contributed by atoms with Gasteiger partial charge in [-0.15, -0.1) is 11.3 Å². The normalized spacial score (nSPS) is 10.9. The third kappa shape index (κ3) is 5.36. The standard InChI is InChI=1S/C25H23ClN4O4S/c1-2-16-7-4-6-10-19(16)28-22(32)15-29-20-11-12-35-23(20)24(33)30(25(29)34)14-21(31)27-13-17-8-3-5-9-18(17)26/h3-12H,2,13-15H2,1H3,(H,27,31)(H,28,32). The molecule has 0 bridgehead atoms. The third-order valence-corrected chi connectivity index (χ3v) is 6.81. The number of fused-ring (bicyclic) bond motifs is 1. The number of nitrogens with zero attached hydrogens (tertiary/aromatic N) is 2. The Bertz CT molecular complexity index is 1520. The SMILES string of the molecule is CCc1ccccc1NC(=O)Cn1c(=O)n(CC(=O)NCc2ccccc2Cl)c(=O)c2sccc21. The Hall–Kier alpha value is -3.69. The maximum absolute atomic E-state index is 13.2. The van der Waals surface area contributed by atoms with Crippen molar-refractivity contribution in [1.29, 1.82) is 0 Å². The largest absolute Gasteiger partial charge is 0.350 e. The van der Waals surface area contributed by atoms with Gasteiger partial charge in [0.2, 0.25) is 11.8 Å². The molecule has 0 unspecified atom stereocenters. The van der Waals surface area contributed by atoms with Gasteiger partial charge in [-0.25, -0.2) is 9.36 Å². The van der Waals surface area contributed by atoms with Crippen molar-refractivity contribution in [1.82, 2.24) is 14.5 Å². The van der Waals surface area contributed by atoms with Crippen LogP contribution in [0.25, 0.3) is 10.2 Å². The van der Waals surface area contributed by atoms with Crippen LogP contribution < -0.4 is 21.9 Å². The number of benzene rings is 2. The zero-order chi connectivity index (χ0) is 24.9. The quantitative estimate of drug-likeness (QED) is 0.379. The molecule has 0 spiro atoms. The van der Waals surface area contributed by atoms with E-state index in [2.05, 4.69) is 10.6 Å². The molecule has 4 rings (SSSR count). The zero-order valence-corrected chi connectivity index (χ0v) is 20.5. The monoisotopic (exact) mass is 510 g/mol. The van der Waals surface area contributed by atoms with E-state index in [4.69, 9.17) is 11.6 Å². The van der Waals surface area contributed by atoms with Gasteiger partial charge in [0.25, 0.3) is 5.56 Å². The number of thiophene rings is 1. The molecular formula is C25H23ClN4O4S. The molecule has 10 heteroatoms. The van der Waals surface area contributed by atoms with Gasteiger partial charge < -0.3 is 10.6 Å². The minimum Gasteiger partial charge on any atom is -0.350 e. The first-order chi connectivity index (χ1) is 16.9. The first-order valence-corrected chi connectivity index (χ1v) is 12.2. The molecule has 35 heavy (non-hydrogen) atoms. The number of para-hydroxylation sites is 1. The molecule has 2 aromatic heterocycles. The Morgan fingerprint density at radius 2 is 1.60 bits per heavy atom. The van der Waals surface area contributed by atoms with E-state index in [0.717, 1.165) is 27.9 Å². The molecular weight excluding hydrogens is 488 g/mol. The van der Waals surface area contributed by atoms with E-state index in [0.29, 0.717) is 26.5 Å². The zero-order valence-electron chi connectivity index (χ0n) is 18.9. The van der Waals surface area contributed by atoms with Gasteiger partial charge in [0, 0.05) is 17.3 Å². The van der Waals surface area contributed by atoms with Gasteiger partial charge >= 0.3 is 5.69 Å². The predicted octanol–water partition coefficient (Wildman–Crippen LogP) is 3.40. The lowest BCUT2D eigenvalue weighted by atomic mass is 10.1. The lowest BCUT2D eigenvalue weighted by Crippen LogP contribution is -2.44. The highest BCUT2D eigenvalue weighted by molar-refractivity contribution is 7.17. The van der Waals surface area contributed by atoms with Crippen molar-refractivity contribution < 1.29 is 9.59 Å². The van der Waals surface area contributed by atoms with E-state index in [1.54, 1.807) is 41.8 Å². The summed E-state index contributed by atoms with van der Waals surface area (Å²) in [5.74, 6) is -0.929. The van der Waals surface area contributed by atoms with E-state index in [9.17, 15) is 19.2 Å². The first-order valence-electron chi connectivity index (χ1n) is 11.0. The summed E-state index contributed by atoms with van der Waals surface area (Å²) in [5.41, 5.74) is 1.41. The molecule has 0 saturated carbocycles. The maximum atomic E-state index is 13.2. The van der Waals surface area contributed by atoms with Crippen LogP contribution >= 0.6 is 22.9 Å². The molecule has 0 atom stereocenters. The van der Waals surface area contributed by atoms with Gasteiger partial charge in [-0.2, -0.15) is 0 Å². The summed E-state index contributed by atoms with van der Waals surface area (Å²) in [4.78, 5) is 51.6. The van der Waals surface area contributed by atoms with Crippen molar-refractivity contribution in [2.75, 3.05) is 5.32 Å². The van der Waals surface area contributed by atoms with E-state index >= 15 is 0 Å². The van der Waals surface area contributed by atoms with E-state index in [-0.39, 0.29) is 13.1 Å². The van der Waals surface area contributed by atoms with Crippen LogP contribution in [0.5, 0.6) is 0 Å². The molecule has 4 aromatic rings. The Labute approximate surface area is 209 Å². The number of rotatable bonds is 8. The molecule has 2 N–H and O–H groups in total. The Kier molecular flexibility index (Phi) is 7.48. The minimum atomic E-state index is -0.729. The van der Waals surface area contributed by atoms with Crippen LogP contribution in [-0.4, -0.2) is 20.9 Å². The van der Waals surface area contributed by atoms with Gasteiger partial charge in [-0.3, -0.25) is 19.0 Å². The molecule has 180 valence electrons. The number of aromatic nitrogens is 2. The lowest BCUT2D eigenvalue weighted by Gasteiger charge is -2.14. The number of carbonyl (C=O) groups is 2. The van der Waals surface area contributed by atoms with Crippen molar-refractivity contribution in [3.05, 3.63) is 97.0 Å². The smallest absolute Gasteiger partial charge is 0.332 e. The van der Waals surface area contributed by atoms with Crippen LogP contribution in [0.4, 0.5) is 5.69 Å². The van der Waals surface area contributed by atoms with Gasteiger partial charge in [0.05, 0.1) is 5.52 Å². The van der Waals surface area contributed by atoms with Gasteiger partial charge in [0.15, 0.2) is 0 Å². The Morgan fingerprint density at radius 1 is 0.914 bits per heavy atom. The van der Waals surface area contributed by atoms with Crippen molar-refractivity contribution in [3.8, 4) is 0 Å². The number of nitrogens with one attached hydrogen (secondary N) is 2. The summed E-state index contributed by atoms with van der Waals surface area (Å²) in [7, 11) is 0. The second-order valence-electron chi connectivity index (χ2n) is 7.82. The van der Waals surface area contributed by atoms with Crippen molar-refractivity contribution in [3.63, 3.8) is 0 Å². The first kappa shape index (κ1) is 24.4. The molecule has 8 nitrogen and oxygen atoms in total. The highest BCUT2D eigenvalue weighted by atomic mass is 35.5. The highest BCUT2D eigenvalue weighted by Gasteiger charge is 2.18. The molecule has 2 heterocycles. The summed E-state index contributed by atoms with van der Waals surface area (Å²) in [5, 5.41) is 7.70. The van der Waals surface area contributed by atoms with E-state index in [1.807, 2.05) is 25.1 Å². The maximum Gasteiger partial charge on any atom is 0.332 e. The van der Waals surface area contributed by atoms with Crippen molar-refractivity contribution in [2.24, 2.45) is 0 Å². The molecule has 0 aliphatic carbocycles. The number of amides is 2. The van der Waals surface area contributed by atoms with Gasteiger partial charge in [0.1, 0.15) is 17.8 Å². The molecule has 2 aromatic carbocycles. The predicted molar refractivity (Wildman–Crippen MR) is 138 cm³/mol.